The first-order valence-corrected chi connectivity index (χ1v) is 5.81. The van der Waals surface area contributed by atoms with Gasteiger partial charge in [-0.05, 0) is 30.2 Å². The van der Waals surface area contributed by atoms with Crippen molar-refractivity contribution in [1.29, 1.82) is 0 Å². The van der Waals surface area contributed by atoms with E-state index in [-0.39, 0.29) is 6.04 Å². The highest BCUT2D eigenvalue weighted by Gasteiger charge is 2.08. The monoisotopic (exact) mass is 264 g/mol. The van der Waals surface area contributed by atoms with Gasteiger partial charge in [-0.15, -0.1) is 0 Å². The average molecular weight is 265 g/mol. The van der Waals surface area contributed by atoms with Crippen molar-refractivity contribution >= 4 is 26.8 Å². The molecule has 0 aliphatic carbocycles. The van der Waals surface area contributed by atoms with E-state index in [1.807, 2.05) is 24.4 Å². The minimum absolute atomic E-state index is 0.0941. The minimum atomic E-state index is 0.0941. The van der Waals surface area contributed by atoms with Crippen molar-refractivity contribution in [2.75, 3.05) is 0 Å². The molecule has 0 amide bonds. The van der Waals surface area contributed by atoms with Gasteiger partial charge in [0.1, 0.15) is 0 Å². The van der Waals surface area contributed by atoms with Crippen molar-refractivity contribution in [2.24, 2.45) is 5.73 Å². The fourth-order valence-electron chi connectivity index (χ4n) is 1.69. The van der Waals surface area contributed by atoms with Crippen LogP contribution in [0.3, 0.4) is 0 Å². The maximum atomic E-state index is 6.06. The molecule has 0 saturated heterocycles. The number of aromatic nitrogens is 1. The van der Waals surface area contributed by atoms with Gasteiger partial charge < -0.3 is 5.73 Å². The molecule has 0 radical (unpaired) electrons. The van der Waals surface area contributed by atoms with E-state index in [4.69, 9.17) is 5.73 Å². The molecule has 2 aromatic rings. The molecule has 1 aromatic heterocycles. The van der Waals surface area contributed by atoms with Crippen LogP contribution in [0.4, 0.5) is 0 Å². The topological polar surface area (TPSA) is 38.9 Å². The third-order valence-corrected chi connectivity index (χ3v) is 3.07. The van der Waals surface area contributed by atoms with E-state index in [1.165, 1.54) is 5.56 Å². The molecule has 0 aliphatic heterocycles. The molecular weight excluding hydrogens is 252 g/mol. The molecule has 2 N–H and O–H groups in total. The first-order chi connectivity index (χ1) is 7.22. The summed E-state index contributed by atoms with van der Waals surface area (Å²) in [6.45, 7) is 2.09. The van der Waals surface area contributed by atoms with E-state index < -0.39 is 0 Å². The standard InChI is InChI=1S/C12H13BrN2/c1-2-11(14)9-5-6-15-12-7-8(13)3-4-10(9)12/h3-7,11H,2,14H2,1H3/t11-/m1/s1. The number of hydrogen-bond donors (Lipinski definition) is 1. The molecule has 78 valence electrons. The molecule has 0 fully saturated rings. The molecule has 0 bridgehead atoms. The number of benzene rings is 1. The molecule has 0 spiro atoms. The Morgan fingerprint density at radius 1 is 1.40 bits per heavy atom. The molecule has 2 nitrogen and oxygen atoms in total. The SMILES string of the molecule is CC[C@@H](N)c1ccnc2cc(Br)ccc12. The maximum absolute atomic E-state index is 6.06. The summed E-state index contributed by atoms with van der Waals surface area (Å²) in [6, 6.07) is 8.20. The molecule has 15 heavy (non-hydrogen) atoms. The fraction of sp³-hybridized carbons (Fsp3) is 0.250. The number of rotatable bonds is 2. The van der Waals surface area contributed by atoms with E-state index in [0.29, 0.717) is 0 Å². The van der Waals surface area contributed by atoms with Crippen LogP contribution >= 0.6 is 15.9 Å². The highest BCUT2D eigenvalue weighted by Crippen LogP contribution is 2.25. The van der Waals surface area contributed by atoms with Crippen molar-refractivity contribution in [1.82, 2.24) is 4.98 Å². The van der Waals surface area contributed by atoms with Crippen LogP contribution in [0.25, 0.3) is 10.9 Å². The van der Waals surface area contributed by atoms with Gasteiger partial charge in [-0.2, -0.15) is 0 Å². The van der Waals surface area contributed by atoms with E-state index in [1.54, 1.807) is 0 Å². The number of hydrogen-bond acceptors (Lipinski definition) is 2. The highest BCUT2D eigenvalue weighted by molar-refractivity contribution is 9.10. The second-order valence-electron chi connectivity index (χ2n) is 3.58. The maximum Gasteiger partial charge on any atom is 0.0716 e. The van der Waals surface area contributed by atoms with Crippen molar-refractivity contribution < 1.29 is 0 Å². The summed E-state index contributed by atoms with van der Waals surface area (Å²) < 4.78 is 1.05. The zero-order chi connectivity index (χ0) is 10.8. The Morgan fingerprint density at radius 3 is 2.93 bits per heavy atom. The Labute approximate surface area is 97.6 Å². The van der Waals surface area contributed by atoms with E-state index in [0.717, 1.165) is 21.8 Å². The Hall–Kier alpha value is -0.930. The van der Waals surface area contributed by atoms with Crippen LogP contribution in [0.5, 0.6) is 0 Å². The predicted octanol–water partition coefficient (Wildman–Crippen LogP) is 3.41. The van der Waals surface area contributed by atoms with E-state index in [9.17, 15) is 0 Å². The normalized spacial score (nSPS) is 13.0. The second kappa shape index (κ2) is 4.29. The first-order valence-electron chi connectivity index (χ1n) is 5.02. The summed E-state index contributed by atoms with van der Waals surface area (Å²) in [5, 5.41) is 1.15. The van der Waals surface area contributed by atoms with Crippen molar-refractivity contribution in [2.45, 2.75) is 19.4 Å². The lowest BCUT2D eigenvalue weighted by Crippen LogP contribution is -2.09. The van der Waals surface area contributed by atoms with Crippen LogP contribution in [0.2, 0.25) is 0 Å². The van der Waals surface area contributed by atoms with Gasteiger partial charge in [0.2, 0.25) is 0 Å². The first kappa shape index (κ1) is 10.6. The number of nitrogens with zero attached hydrogens (tertiary/aromatic N) is 1. The summed E-state index contributed by atoms with van der Waals surface area (Å²) in [7, 11) is 0. The van der Waals surface area contributed by atoms with Crippen LogP contribution < -0.4 is 5.73 Å². The zero-order valence-corrected chi connectivity index (χ0v) is 10.2. The Morgan fingerprint density at radius 2 is 2.20 bits per heavy atom. The van der Waals surface area contributed by atoms with Crippen molar-refractivity contribution in [3.8, 4) is 0 Å². The lowest BCUT2D eigenvalue weighted by Gasteiger charge is -2.11. The Balaban J connectivity index is 2.66. The number of halogens is 1. The number of fused-ring (bicyclic) bond motifs is 1. The van der Waals surface area contributed by atoms with Crippen LogP contribution in [-0.4, -0.2) is 4.98 Å². The van der Waals surface area contributed by atoms with Crippen molar-refractivity contribution in [3.63, 3.8) is 0 Å². The highest BCUT2D eigenvalue weighted by atomic mass is 79.9. The Bertz CT molecular complexity index is 482. The van der Waals surface area contributed by atoms with Gasteiger partial charge >= 0.3 is 0 Å². The molecule has 3 heteroatoms. The van der Waals surface area contributed by atoms with Crippen LogP contribution in [0.15, 0.2) is 34.9 Å². The van der Waals surface area contributed by atoms with Gasteiger partial charge in [-0.3, -0.25) is 4.98 Å². The third-order valence-electron chi connectivity index (χ3n) is 2.58. The van der Waals surface area contributed by atoms with E-state index >= 15 is 0 Å². The summed E-state index contributed by atoms with van der Waals surface area (Å²) in [5.74, 6) is 0. The van der Waals surface area contributed by atoms with Crippen molar-refractivity contribution in [3.05, 3.63) is 40.5 Å². The van der Waals surface area contributed by atoms with Crippen LogP contribution in [0, 0.1) is 0 Å². The number of pyridine rings is 1. The molecule has 1 aromatic carbocycles. The predicted molar refractivity (Wildman–Crippen MR) is 66.7 cm³/mol. The second-order valence-corrected chi connectivity index (χ2v) is 4.49. The van der Waals surface area contributed by atoms with E-state index in [2.05, 4.69) is 33.9 Å². The third kappa shape index (κ3) is 2.03. The lowest BCUT2D eigenvalue weighted by molar-refractivity contribution is 0.703. The molecule has 2 rings (SSSR count). The largest absolute Gasteiger partial charge is 0.324 e. The smallest absolute Gasteiger partial charge is 0.0716 e. The minimum Gasteiger partial charge on any atom is -0.324 e. The van der Waals surface area contributed by atoms with Crippen LogP contribution in [-0.2, 0) is 0 Å². The average Bonchev–Trinajstić information content (AvgIpc) is 2.26. The van der Waals surface area contributed by atoms with Gasteiger partial charge in [0.25, 0.3) is 0 Å². The van der Waals surface area contributed by atoms with Gasteiger partial charge in [-0.25, -0.2) is 0 Å². The van der Waals surface area contributed by atoms with Gasteiger partial charge in [0, 0.05) is 22.1 Å². The molecule has 0 unspecified atom stereocenters. The quantitative estimate of drug-likeness (QED) is 0.903. The van der Waals surface area contributed by atoms with Gasteiger partial charge in [-0.1, -0.05) is 28.9 Å². The zero-order valence-electron chi connectivity index (χ0n) is 8.57. The summed E-state index contributed by atoms with van der Waals surface area (Å²) in [4.78, 5) is 4.33. The Kier molecular flexibility index (Phi) is 3.03. The molecule has 0 saturated carbocycles. The molecule has 1 heterocycles. The molecular formula is C12H13BrN2. The van der Waals surface area contributed by atoms with Crippen LogP contribution in [0.1, 0.15) is 24.9 Å². The molecule has 1 atom stereocenters. The number of nitrogens with two attached hydrogens (primary N) is 1. The lowest BCUT2D eigenvalue weighted by atomic mass is 10.0. The molecule has 0 aliphatic rings. The van der Waals surface area contributed by atoms with Gasteiger partial charge in [0.15, 0.2) is 0 Å². The fourth-order valence-corrected chi connectivity index (χ4v) is 2.04. The summed E-state index contributed by atoms with van der Waals surface area (Å²) in [5.41, 5.74) is 8.23. The van der Waals surface area contributed by atoms with Gasteiger partial charge in [0.05, 0.1) is 5.52 Å². The summed E-state index contributed by atoms with van der Waals surface area (Å²) >= 11 is 3.44. The summed E-state index contributed by atoms with van der Waals surface area (Å²) in [6.07, 6.45) is 2.76.